The molecule has 5 nitrogen and oxygen atoms in total. The zero-order valence-corrected chi connectivity index (χ0v) is 17.8. The topological polar surface area (TPSA) is 45.7 Å². The number of carbonyl (C=O) groups is 1. The Morgan fingerprint density at radius 3 is 2.47 bits per heavy atom. The summed E-state index contributed by atoms with van der Waals surface area (Å²) >= 11 is 1.62. The van der Waals surface area contributed by atoms with Gasteiger partial charge < -0.3 is 14.5 Å². The fourth-order valence-electron chi connectivity index (χ4n) is 3.40. The number of nitrogens with zero attached hydrogens (tertiary/aromatic N) is 3. The van der Waals surface area contributed by atoms with Crippen LogP contribution < -0.4 is 9.64 Å². The fourth-order valence-corrected chi connectivity index (χ4v) is 4.00. The first-order valence-electron chi connectivity index (χ1n) is 10.1. The smallest absolute Gasteiger partial charge is 0.246 e. The molecule has 1 aromatic heterocycles. The fraction of sp³-hybridized carbons (Fsp3) is 0.250. The molecule has 1 amide bonds. The lowest BCUT2D eigenvalue weighted by molar-refractivity contribution is -0.126. The van der Waals surface area contributed by atoms with E-state index in [9.17, 15) is 4.79 Å². The van der Waals surface area contributed by atoms with Gasteiger partial charge in [0.05, 0.1) is 10.7 Å². The summed E-state index contributed by atoms with van der Waals surface area (Å²) in [6, 6.07) is 18.1. The molecule has 3 aromatic rings. The molecule has 30 heavy (non-hydrogen) atoms. The van der Waals surface area contributed by atoms with Crippen LogP contribution in [0.25, 0.3) is 6.08 Å². The molecule has 4 rings (SSSR count). The van der Waals surface area contributed by atoms with Gasteiger partial charge in [-0.3, -0.25) is 4.79 Å². The van der Waals surface area contributed by atoms with Gasteiger partial charge in [-0.25, -0.2) is 4.98 Å². The van der Waals surface area contributed by atoms with E-state index in [2.05, 4.69) is 22.0 Å². The molecule has 2 aromatic carbocycles. The maximum atomic E-state index is 12.5. The summed E-state index contributed by atoms with van der Waals surface area (Å²) in [4.78, 5) is 21.2. The number of aromatic nitrogens is 1. The third-order valence-corrected chi connectivity index (χ3v) is 5.89. The van der Waals surface area contributed by atoms with Crippen molar-refractivity contribution in [3.8, 4) is 5.75 Å². The Kier molecular flexibility index (Phi) is 6.44. The minimum Gasteiger partial charge on any atom is -0.487 e. The number of amides is 1. The number of aryl methyl sites for hydroxylation is 1. The molecule has 0 atom stereocenters. The Balaban J connectivity index is 1.26. The van der Waals surface area contributed by atoms with E-state index in [-0.39, 0.29) is 5.91 Å². The molecule has 0 spiro atoms. The summed E-state index contributed by atoms with van der Waals surface area (Å²) in [6.07, 6.45) is 3.52. The van der Waals surface area contributed by atoms with Crippen molar-refractivity contribution in [2.24, 2.45) is 0 Å². The summed E-state index contributed by atoms with van der Waals surface area (Å²) in [5.74, 6) is 0.850. The lowest BCUT2D eigenvalue weighted by Crippen LogP contribution is -2.48. The summed E-state index contributed by atoms with van der Waals surface area (Å²) in [6.45, 7) is 5.64. The van der Waals surface area contributed by atoms with E-state index in [1.807, 2.05) is 65.7 Å². The van der Waals surface area contributed by atoms with Crippen LogP contribution in [0.4, 0.5) is 5.69 Å². The number of rotatable bonds is 6. The van der Waals surface area contributed by atoms with Crippen LogP contribution in [0.3, 0.4) is 0 Å². The maximum Gasteiger partial charge on any atom is 0.246 e. The van der Waals surface area contributed by atoms with Crippen molar-refractivity contribution in [3.63, 3.8) is 0 Å². The highest BCUT2D eigenvalue weighted by Crippen LogP contribution is 2.18. The number of benzene rings is 2. The first-order valence-corrected chi connectivity index (χ1v) is 11.0. The second-order valence-electron chi connectivity index (χ2n) is 7.20. The summed E-state index contributed by atoms with van der Waals surface area (Å²) in [5, 5.41) is 3.05. The van der Waals surface area contributed by atoms with Gasteiger partial charge in [0.15, 0.2) is 0 Å². The van der Waals surface area contributed by atoms with Gasteiger partial charge in [-0.15, -0.1) is 11.3 Å². The molecule has 2 heterocycles. The van der Waals surface area contributed by atoms with Gasteiger partial charge in [0.1, 0.15) is 12.4 Å². The number of thiazole rings is 1. The first kappa shape index (κ1) is 20.2. The van der Waals surface area contributed by atoms with Crippen molar-refractivity contribution >= 4 is 29.0 Å². The van der Waals surface area contributed by atoms with Crippen LogP contribution in [0.2, 0.25) is 0 Å². The number of piperazine rings is 1. The monoisotopic (exact) mass is 419 g/mol. The third kappa shape index (κ3) is 5.27. The van der Waals surface area contributed by atoms with Crippen molar-refractivity contribution in [1.82, 2.24) is 9.88 Å². The lowest BCUT2D eigenvalue weighted by Gasteiger charge is -2.35. The molecule has 0 bridgehead atoms. The second kappa shape index (κ2) is 9.59. The molecule has 0 unspecified atom stereocenters. The van der Waals surface area contributed by atoms with Crippen LogP contribution in [-0.2, 0) is 11.4 Å². The zero-order valence-electron chi connectivity index (χ0n) is 17.0. The highest BCUT2D eigenvalue weighted by Gasteiger charge is 2.19. The first-order chi connectivity index (χ1) is 14.7. The van der Waals surface area contributed by atoms with Crippen molar-refractivity contribution in [1.29, 1.82) is 0 Å². The van der Waals surface area contributed by atoms with Crippen molar-refractivity contribution in [3.05, 3.63) is 82.3 Å². The van der Waals surface area contributed by atoms with Crippen LogP contribution in [-0.4, -0.2) is 42.0 Å². The van der Waals surface area contributed by atoms with Crippen molar-refractivity contribution in [2.45, 2.75) is 13.5 Å². The molecule has 1 fully saturated rings. The van der Waals surface area contributed by atoms with E-state index >= 15 is 0 Å². The zero-order chi connectivity index (χ0) is 20.8. The van der Waals surface area contributed by atoms with Gasteiger partial charge in [-0.2, -0.15) is 0 Å². The van der Waals surface area contributed by atoms with Gasteiger partial charge in [-0.1, -0.05) is 30.3 Å². The number of hydrogen-bond donors (Lipinski definition) is 0. The average Bonchev–Trinajstić information content (AvgIpc) is 3.22. The quantitative estimate of drug-likeness (QED) is 0.556. The summed E-state index contributed by atoms with van der Waals surface area (Å²) < 4.78 is 5.77. The number of anilines is 1. The molecule has 0 saturated carbocycles. The SMILES string of the molecule is Cc1nc(COc2ccc(/C=C/C(=O)N3CCN(c4ccccc4)CC3)cc2)cs1. The molecule has 154 valence electrons. The Morgan fingerprint density at radius 2 is 1.80 bits per heavy atom. The van der Waals surface area contributed by atoms with E-state index in [0.29, 0.717) is 6.61 Å². The van der Waals surface area contributed by atoms with E-state index < -0.39 is 0 Å². The van der Waals surface area contributed by atoms with Crippen LogP contribution in [0.1, 0.15) is 16.3 Å². The van der Waals surface area contributed by atoms with E-state index in [4.69, 9.17) is 4.74 Å². The van der Waals surface area contributed by atoms with Gasteiger partial charge in [0.25, 0.3) is 0 Å². The number of ether oxygens (including phenoxy) is 1. The molecular formula is C24H25N3O2S. The molecular weight excluding hydrogens is 394 g/mol. The second-order valence-corrected chi connectivity index (χ2v) is 8.26. The highest BCUT2D eigenvalue weighted by molar-refractivity contribution is 7.09. The largest absolute Gasteiger partial charge is 0.487 e. The minimum atomic E-state index is 0.0574. The Labute approximate surface area is 181 Å². The van der Waals surface area contributed by atoms with Gasteiger partial charge >= 0.3 is 0 Å². The highest BCUT2D eigenvalue weighted by atomic mass is 32.1. The van der Waals surface area contributed by atoms with Gasteiger partial charge in [0.2, 0.25) is 5.91 Å². The third-order valence-electron chi connectivity index (χ3n) is 5.06. The average molecular weight is 420 g/mol. The van der Waals surface area contributed by atoms with Gasteiger partial charge in [-0.05, 0) is 42.8 Å². The van der Waals surface area contributed by atoms with Crippen LogP contribution >= 0.6 is 11.3 Å². The normalized spacial score (nSPS) is 14.3. The van der Waals surface area contributed by atoms with Crippen molar-refractivity contribution in [2.75, 3.05) is 31.1 Å². The Morgan fingerprint density at radius 1 is 1.07 bits per heavy atom. The van der Waals surface area contributed by atoms with Crippen molar-refractivity contribution < 1.29 is 9.53 Å². The Hall–Kier alpha value is -3.12. The lowest BCUT2D eigenvalue weighted by atomic mass is 10.2. The number of carbonyl (C=O) groups excluding carboxylic acids is 1. The van der Waals surface area contributed by atoms with Crippen LogP contribution in [0.15, 0.2) is 66.1 Å². The summed E-state index contributed by atoms with van der Waals surface area (Å²) in [5.41, 5.74) is 3.13. The molecule has 6 heteroatoms. The predicted molar refractivity (Wildman–Crippen MR) is 122 cm³/mol. The molecule has 0 aliphatic carbocycles. The predicted octanol–water partition coefficient (Wildman–Crippen LogP) is 4.39. The minimum absolute atomic E-state index is 0.0574. The maximum absolute atomic E-state index is 12.5. The summed E-state index contributed by atoms with van der Waals surface area (Å²) in [7, 11) is 0. The number of hydrogen-bond acceptors (Lipinski definition) is 5. The van der Waals surface area contributed by atoms with E-state index in [1.54, 1.807) is 17.4 Å². The Bertz CT molecular complexity index is 991. The molecule has 0 radical (unpaired) electrons. The van der Waals surface area contributed by atoms with E-state index in [0.717, 1.165) is 48.2 Å². The van der Waals surface area contributed by atoms with Crippen LogP contribution in [0, 0.1) is 6.92 Å². The molecule has 1 saturated heterocycles. The molecule has 1 aliphatic heterocycles. The molecule has 1 aliphatic rings. The van der Waals surface area contributed by atoms with E-state index in [1.165, 1.54) is 5.69 Å². The molecule has 0 N–H and O–H groups in total. The van der Waals surface area contributed by atoms with Crippen LogP contribution in [0.5, 0.6) is 5.75 Å². The van der Waals surface area contributed by atoms with Gasteiger partial charge in [0, 0.05) is 43.3 Å². The number of para-hydroxylation sites is 1. The standard InChI is InChI=1S/C24H25N3O2S/c1-19-25-21(18-30-19)17-29-23-10-7-20(8-11-23)9-12-24(28)27-15-13-26(14-16-27)22-5-3-2-4-6-22/h2-12,18H,13-17H2,1H3/b12-9+.